The summed E-state index contributed by atoms with van der Waals surface area (Å²) in [5.74, 6) is 6.48. The van der Waals surface area contributed by atoms with E-state index in [0.717, 1.165) is 12.5 Å². The molecule has 1 saturated heterocycles. The van der Waals surface area contributed by atoms with Gasteiger partial charge in [-0.2, -0.15) is 21.9 Å². The van der Waals surface area contributed by atoms with Gasteiger partial charge < -0.3 is 4.90 Å². The monoisotopic (exact) mass is 497 g/mol. The topological polar surface area (TPSA) is 4.44 Å². The average Bonchev–Trinajstić information content (AvgIpc) is 3.11. The van der Waals surface area contributed by atoms with Crippen LogP contribution >= 0.6 is 0 Å². The van der Waals surface area contributed by atoms with Crippen LogP contribution in [0.5, 0.6) is 0 Å². The van der Waals surface area contributed by atoms with Crippen LogP contribution in [0.15, 0.2) is 97.1 Å². The van der Waals surface area contributed by atoms with E-state index in [1.807, 2.05) is 0 Å². The van der Waals surface area contributed by atoms with Crippen LogP contribution in [0.2, 0.25) is 0 Å². The lowest BCUT2D eigenvalue weighted by atomic mass is 9.11. The Bertz CT molecular complexity index is 1300. The number of aryl methyl sites for hydroxylation is 4. The number of benzene rings is 4. The Balaban J connectivity index is 0.000000273. The fourth-order valence-electron chi connectivity index (χ4n) is 7.16. The van der Waals surface area contributed by atoms with E-state index in [0.29, 0.717) is 6.04 Å². The zero-order valence-corrected chi connectivity index (χ0v) is 23.6. The molecule has 1 nitrogen and oxygen atoms in total. The first kappa shape index (κ1) is 26.1. The molecule has 2 aliphatic rings. The van der Waals surface area contributed by atoms with Crippen LogP contribution in [0.4, 0.5) is 0 Å². The van der Waals surface area contributed by atoms with Gasteiger partial charge in [0.1, 0.15) is 12.2 Å². The smallest absolute Gasteiger partial charge is 0.149 e. The largest absolute Gasteiger partial charge is 0.322 e. The lowest BCUT2D eigenvalue weighted by Gasteiger charge is -2.48. The van der Waals surface area contributed by atoms with E-state index < -0.39 is 6.15 Å². The number of quaternary nitrogens is 1. The molecule has 1 unspecified atom stereocenters. The highest BCUT2D eigenvalue weighted by molar-refractivity contribution is 7.20. The van der Waals surface area contributed by atoms with Crippen LogP contribution in [0, 0.1) is 39.5 Å². The summed E-state index contributed by atoms with van der Waals surface area (Å²) < 4.78 is 0. The van der Waals surface area contributed by atoms with E-state index in [4.69, 9.17) is 0 Å². The highest BCUT2D eigenvalue weighted by atomic mass is 15.2. The molecule has 192 valence electrons. The molecule has 2 heterocycles. The Kier molecular flexibility index (Phi) is 7.59. The van der Waals surface area contributed by atoms with E-state index in [9.17, 15) is 0 Å². The fraction of sp³-hybridized carbons (Fsp3) is 0.278. The van der Waals surface area contributed by atoms with Gasteiger partial charge in [0.2, 0.25) is 0 Å². The highest BCUT2D eigenvalue weighted by Gasteiger charge is 2.36. The van der Waals surface area contributed by atoms with Crippen LogP contribution in [0.3, 0.4) is 0 Å². The minimum absolute atomic E-state index is 0.684. The minimum Gasteiger partial charge on any atom is -0.322 e. The summed E-state index contributed by atoms with van der Waals surface area (Å²) in [5.41, 5.74) is 11.0. The van der Waals surface area contributed by atoms with E-state index in [1.165, 1.54) is 56.9 Å². The van der Waals surface area contributed by atoms with Crippen molar-refractivity contribution in [1.82, 2.24) is 0 Å². The molecule has 1 fully saturated rings. The normalized spacial score (nSPS) is 19.7. The van der Waals surface area contributed by atoms with Gasteiger partial charge >= 0.3 is 0 Å². The van der Waals surface area contributed by atoms with Gasteiger partial charge in [0.25, 0.3) is 0 Å². The molecule has 2 aliphatic heterocycles. The summed E-state index contributed by atoms with van der Waals surface area (Å²) in [6, 6.07) is 37.2. The second-order valence-electron chi connectivity index (χ2n) is 11.4. The first-order valence-electron chi connectivity index (χ1n) is 14.2. The molecule has 38 heavy (non-hydrogen) atoms. The van der Waals surface area contributed by atoms with E-state index in [2.05, 4.69) is 144 Å². The summed E-state index contributed by atoms with van der Waals surface area (Å²) in [4.78, 5) is 1.66. The van der Waals surface area contributed by atoms with Crippen LogP contribution < -0.4 is 26.8 Å². The van der Waals surface area contributed by atoms with Crippen molar-refractivity contribution in [3.8, 4) is 11.8 Å². The van der Waals surface area contributed by atoms with Gasteiger partial charge in [0, 0.05) is 12.8 Å². The Labute approximate surface area is 229 Å². The molecule has 0 radical (unpaired) electrons. The maximum Gasteiger partial charge on any atom is 0.149 e. The van der Waals surface area contributed by atoms with Gasteiger partial charge in [-0.1, -0.05) is 125 Å². The van der Waals surface area contributed by atoms with Gasteiger partial charge in [-0.15, -0.1) is 0 Å². The number of fused-ring (bicyclic) bond motifs is 2. The average molecular weight is 498 g/mol. The van der Waals surface area contributed by atoms with Gasteiger partial charge in [-0.05, 0) is 33.6 Å². The van der Waals surface area contributed by atoms with E-state index in [-0.39, 0.29) is 0 Å². The summed E-state index contributed by atoms with van der Waals surface area (Å²) in [6.45, 7) is 9.00. The molecule has 0 saturated carbocycles. The zero-order chi connectivity index (χ0) is 26.7. The van der Waals surface area contributed by atoms with Crippen LogP contribution in [0.25, 0.3) is 0 Å². The minimum atomic E-state index is -1.32. The molecular weight excluding hydrogens is 457 g/mol. The van der Waals surface area contributed by atoms with Crippen molar-refractivity contribution in [3.63, 3.8) is 0 Å². The van der Waals surface area contributed by atoms with Crippen molar-refractivity contribution in [2.75, 3.05) is 7.05 Å². The van der Waals surface area contributed by atoms with Crippen molar-refractivity contribution >= 4 is 28.0 Å². The molecule has 0 aliphatic carbocycles. The lowest BCUT2D eigenvalue weighted by molar-refractivity contribution is -0.909. The third-order valence-electron chi connectivity index (χ3n) is 9.24. The summed E-state index contributed by atoms with van der Waals surface area (Å²) in [7, 11) is 2.27. The molecule has 6 rings (SSSR count). The zero-order valence-electron chi connectivity index (χ0n) is 23.6. The van der Waals surface area contributed by atoms with Crippen molar-refractivity contribution in [2.24, 2.45) is 0 Å². The number of hydrogen-bond donors (Lipinski definition) is 1. The molecule has 1 N–H and O–H groups in total. The molecule has 0 aromatic heterocycles. The van der Waals surface area contributed by atoms with Gasteiger partial charge in [-0.3, -0.25) is 0 Å². The number of rotatable bonds is 4. The maximum atomic E-state index is 3.27. The Morgan fingerprint density at radius 2 is 0.947 bits per heavy atom. The highest BCUT2D eigenvalue weighted by Crippen LogP contribution is 2.17. The third-order valence-corrected chi connectivity index (χ3v) is 9.24. The van der Waals surface area contributed by atoms with Crippen molar-refractivity contribution in [1.29, 1.82) is 0 Å². The molecule has 3 atom stereocenters. The summed E-state index contributed by atoms with van der Waals surface area (Å²) >= 11 is 0. The first-order chi connectivity index (χ1) is 18.4. The SMILES string of the molecule is C[NH+]1[C@@H]2CC#C[C@H]1CC2.Cc1ccccc1[B-](c1ccccc1C)(c1ccccc1C)c1ccccc1C. The Morgan fingerprint density at radius 3 is 1.26 bits per heavy atom. The fourth-order valence-corrected chi connectivity index (χ4v) is 7.16. The van der Waals surface area contributed by atoms with Gasteiger partial charge in [0.15, 0.2) is 0 Å². The van der Waals surface area contributed by atoms with Crippen LogP contribution in [-0.2, 0) is 0 Å². The second-order valence-corrected chi connectivity index (χ2v) is 11.4. The van der Waals surface area contributed by atoms with Gasteiger partial charge in [-0.25, -0.2) is 0 Å². The third kappa shape index (κ3) is 4.61. The first-order valence-corrected chi connectivity index (χ1v) is 14.2. The molecule has 4 aromatic carbocycles. The Morgan fingerprint density at radius 1 is 0.579 bits per heavy atom. The lowest BCUT2D eigenvalue weighted by Crippen LogP contribution is -3.14. The quantitative estimate of drug-likeness (QED) is 0.324. The predicted octanol–water partition coefficient (Wildman–Crippen LogP) is 3.74. The van der Waals surface area contributed by atoms with E-state index in [1.54, 1.807) is 4.90 Å². The molecule has 2 bridgehead atoms. The van der Waals surface area contributed by atoms with E-state index >= 15 is 0 Å². The summed E-state index contributed by atoms with van der Waals surface area (Å²) in [5, 5.41) is 0. The molecule has 4 aromatic rings. The predicted molar refractivity (Wildman–Crippen MR) is 165 cm³/mol. The number of hydrogen-bond acceptors (Lipinski definition) is 0. The number of nitrogens with one attached hydrogen (secondary N) is 1. The molecular formula is C36H40BN. The maximum absolute atomic E-state index is 3.27. The van der Waals surface area contributed by atoms with Crippen molar-refractivity contribution < 1.29 is 4.90 Å². The Hall–Kier alpha value is -3.54. The molecule has 2 heteroatoms. The standard InChI is InChI=1S/C28H28B.C8H11N/c1-21-13-5-9-17-25(21)29(26-18-10-6-14-22(26)2,27-19-11-7-15-23(27)3)28-20-12-8-16-24(28)4;1-9-7-3-2-4-8(9)6-5-7/h5-20H,1-4H3;7-8H,3,5-6H2,1H3/q-1;/p+1/t;7-,8+/m.1/s1. The molecule has 0 amide bonds. The van der Waals surface area contributed by atoms with Crippen molar-refractivity contribution in [2.45, 2.75) is 59.0 Å². The van der Waals surface area contributed by atoms with Crippen LogP contribution in [0.1, 0.15) is 41.5 Å². The van der Waals surface area contributed by atoms with Crippen molar-refractivity contribution in [3.05, 3.63) is 119 Å². The second kappa shape index (κ2) is 11.1. The van der Waals surface area contributed by atoms with Crippen LogP contribution in [-0.4, -0.2) is 25.3 Å². The van der Waals surface area contributed by atoms with Gasteiger partial charge in [0.05, 0.1) is 19.5 Å². The summed E-state index contributed by atoms with van der Waals surface area (Å²) in [6.07, 6.45) is 2.55. The molecule has 0 spiro atoms.